The molecule has 0 saturated carbocycles. The number of carbonyl (C=O) groups is 5. The van der Waals surface area contributed by atoms with Crippen molar-refractivity contribution in [1.82, 2.24) is 78.0 Å². The number of esters is 2. The Bertz CT molecular complexity index is 6370. The zero-order valence-electron chi connectivity index (χ0n) is 63.1. The molecule has 0 fully saturated rings. The van der Waals surface area contributed by atoms with Gasteiger partial charge in [-0.2, -0.15) is 0 Å². The van der Waals surface area contributed by atoms with E-state index in [9.17, 15) is 45.9 Å². The number of aromatic carboxylic acids is 1. The third kappa shape index (κ3) is 23.9. The first-order valence-corrected chi connectivity index (χ1v) is 33.8. The van der Waals surface area contributed by atoms with Crippen molar-refractivity contribution in [3.63, 3.8) is 0 Å². The number of aromatic nitrogens is 15. The van der Waals surface area contributed by atoms with E-state index >= 15 is 0 Å². The first-order chi connectivity index (χ1) is 54.2. The van der Waals surface area contributed by atoms with Crippen LogP contribution in [-0.2, 0) is 9.47 Å². The van der Waals surface area contributed by atoms with Crippen LogP contribution in [0.4, 0.5) is 22.0 Å². The summed E-state index contributed by atoms with van der Waals surface area (Å²) in [7, 11) is 2.63. The summed E-state index contributed by atoms with van der Waals surface area (Å²) in [6.45, 7) is 8.89. The average Bonchev–Trinajstić information content (AvgIpc) is 1.64. The van der Waals surface area contributed by atoms with Crippen LogP contribution in [0.2, 0.25) is 0 Å². The van der Waals surface area contributed by atoms with Crippen molar-refractivity contribution in [2.75, 3.05) is 14.2 Å². The number of rotatable bonds is 7. The number of hydrogen-bond acceptors (Lipinski definition) is 19. The molecule has 118 heavy (non-hydrogen) atoms. The van der Waals surface area contributed by atoms with Crippen LogP contribution in [0.1, 0.15) is 139 Å². The van der Waals surface area contributed by atoms with Gasteiger partial charge in [-0.1, -0.05) is 37.2 Å². The van der Waals surface area contributed by atoms with Crippen molar-refractivity contribution >= 4 is 86.0 Å². The van der Waals surface area contributed by atoms with Crippen molar-refractivity contribution in [3.8, 4) is 47.9 Å². The van der Waals surface area contributed by atoms with E-state index in [1.54, 1.807) is 173 Å². The van der Waals surface area contributed by atoms with Crippen molar-refractivity contribution in [2.45, 2.75) is 42.0 Å². The maximum Gasteiger partial charge on any atom is 1.00 e. The fourth-order valence-electron chi connectivity index (χ4n) is 10.00. The molecule has 0 bridgehead atoms. The monoisotopic (exact) mass is 1660 g/mol. The topological polar surface area (TPSA) is 424 Å². The van der Waals surface area contributed by atoms with Crippen LogP contribution < -0.4 is 36.5 Å². The SMILES string of the molecule is C.C#Cc1ccc2ncc(C(=O)OC)n2c1.COC(=O)c1cnc2ccc(C#Cc3nc(C)ccc3F)cn12.Cc1ccc(F)c(/C=C\c2ccc3ncc(C(N)=O)n3c2)n1.Cc1ccc(F)c(Br)n1.Cc1ccc(F)c(C#Cc2ccc3ncc(C(=O)O)n3c2)n1.Cc1ccc(F)c(C#Cc2ccc3ncc(C(N)=O)n3c2)n1.N.O.[Li+].[OH-]. The number of imidazole rings is 5. The number of terminal acetylenes is 1. The molecule has 0 aromatic carbocycles. The minimum atomic E-state index is -1.08. The maximum absolute atomic E-state index is 13.7. The van der Waals surface area contributed by atoms with Gasteiger partial charge < -0.3 is 43.2 Å². The number of ether oxygens (including phenoxy) is 2. The Morgan fingerprint density at radius 2 is 0.729 bits per heavy atom. The summed E-state index contributed by atoms with van der Waals surface area (Å²) in [6, 6.07) is 32.0. The molecule has 0 spiro atoms. The van der Waals surface area contributed by atoms with Crippen LogP contribution in [0.15, 0.2) is 188 Å². The average molecular weight is 1660 g/mol. The second-order valence-electron chi connectivity index (χ2n) is 23.6. The maximum atomic E-state index is 13.7. The number of carbonyl (C=O) groups excluding carboxylic acids is 4. The number of methoxy groups -OCH3 is 2. The summed E-state index contributed by atoms with van der Waals surface area (Å²) in [5.41, 5.74) is 22.1. The molecule has 35 heteroatoms. The van der Waals surface area contributed by atoms with Gasteiger partial charge in [0.25, 0.3) is 11.8 Å². The van der Waals surface area contributed by atoms with Crippen molar-refractivity contribution in [2.24, 2.45) is 11.5 Å². The minimum Gasteiger partial charge on any atom is -0.870 e. The molecule has 11 N–H and O–H groups in total. The molecule has 0 aliphatic heterocycles. The standard InChI is InChI=1S/C17H12FN3O2.C16H13FN4O.C16H11FN4O.C16H10FN3O2.C11H8N2O2.C6H5BrFN.CH4.Li.H3N.2H2O/c1-11-3-6-13(18)14(20-11)7-4-12-5-8-16-19-9-15(17(22)23-2)21(16)10-12;2*1-10-2-5-12(17)13(20-10)6-3-11-4-7-15-19-8-14(16(18)22)21(15)9-11;1-10-2-5-12(17)13(19-10)6-3-11-4-7-15-18-8-14(16(21)22)20(15)9-11;1-3-8-4-5-10-12-6-9(11(14)15-2)13(10)7-8;1-4-2-3-5(8)6(7)9-4;;;;;/h3,5-6,8-10H,1-2H3;2-9H,1H3,(H2,18,22);2,4-5,7-9H,1H3,(H2,18,22);2,4-5,7-9H,1H3,(H,21,22);1,4-7H,2H3;2-3H,1H3;1H4;;1H3;2*1H2/q;;;;;;;+1;;;/p-1/b;6-3-;;;;;;;;;. The molecule has 0 unspecified atom stereocenters. The molecule has 0 atom stereocenters. The fourth-order valence-corrected chi connectivity index (χ4v) is 10.4. The Hall–Kier alpha value is -14.9. The van der Waals surface area contributed by atoms with E-state index in [4.69, 9.17) is 27.7 Å². The van der Waals surface area contributed by atoms with Gasteiger partial charge in [0.05, 0.1) is 50.9 Å². The summed E-state index contributed by atoms with van der Waals surface area (Å²) in [5.74, 6) is 13.7. The van der Waals surface area contributed by atoms with Crippen molar-refractivity contribution in [3.05, 3.63) is 325 Å². The van der Waals surface area contributed by atoms with Gasteiger partial charge in [-0.15, -0.1) is 6.42 Å². The molecule has 2 amide bonds. The molecule has 15 aromatic heterocycles. The Labute approximate surface area is 690 Å². The molecule has 15 heterocycles. The first kappa shape index (κ1) is 93.7. The summed E-state index contributed by atoms with van der Waals surface area (Å²) in [4.78, 5) is 97.2. The summed E-state index contributed by atoms with van der Waals surface area (Å²) in [5, 5.41) is 9.08. The van der Waals surface area contributed by atoms with Crippen LogP contribution in [0.3, 0.4) is 0 Å². The van der Waals surface area contributed by atoms with E-state index in [0.29, 0.717) is 84.7 Å². The van der Waals surface area contributed by atoms with E-state index in [0.717, 1.165) is 17.0 Å². The number of carboxylic acids is 1. The Kier molecular flexibility index (Phi) is 34.0. The zero-order valence-corrected chi connectivity index (χ0v) is 64.7. The van der Waals surface area contributed by atoms with Gasteiger partial charge in [0.15, 0.2) is 40.4 Å². The third-order valence-corrected chi connectivity index (χ3v) is 16.1. The predicted octanol–water partition coefficient (Wildman–Crippen LogP) is 8.95. The smallest absolute Gasteiger partial charge is 0.870 e. The van der Waals surface area contributed by atoms with Gasteiger partial charge in [0, 0.05) is 81.7 Å². The number of amides is 2. The van der Waals surface area contributed by atoms with Gasteiger partial charge in [0.2, 0.25) is 0 Å². The predicted molar refractivity (Wildman–Crippen MR) is 427 cm³/mol. The van der Waals surface area contributed by atoms with Crippen LogP contribution >= 0.6 is 15.9 Å². The van der Waals surface area contributed by atoms with E-state index in [2.05, 4.69) is 112 Å². The molecule has 28 nitrogen and oxygen atoms in total. The normalized spacial score (nSPS) is 9.93. The second kappa shape index (κ2) is 42.9. The number of carboxylic acid groups (broad SMARTS) is 1. The minimum absolute atomic E-state index is 0. The van der Waals surface area contributed by atoms with Crippen LogP contribution in [0.5, 0.6) is 0 Å². The first-order valence-electron chi connectivity index (χ1n) is 33.0. The summed E-state index contributed by atoms with van der Waals surface area (Å²) in [6.07, 6.45) is 23.8. The van der Waals surface area contributed by atoms with Gasteiger partial charge in [-0.05, 0) is 201 Å². The Balaban J connectivity index is 0.000000254. The number of aryl methyl sites for hydroxylation is 5. The molecule has 594 valence electrons. The number of fused-ring (bicyclic) bond motifs is 5. The summed E-state index contributed by atoms with van der Waals surface area (Å²) >= 11 is 2.96. The van der Waals surface area contributed by atoms with Crippen LogP contribution in [-0.4, -0.2) is 132 Å². The number of nitrogens with zero attached hydrogens (tertiary/aromatic N) is 15. The molecule has 0 aliphatic rings. The number of pyridine rings is 10. The van der Waals surface area contributed by atoms with E-state index in [-0.39, 0.29) is 93.8 Å². The molecule has 0 radical (unpaired) electrons. The van der Waals surface area contributed by atoms with Gasteiger partial charge in [-0.25, -0.2) is 81.2 Å². The molecular weight excluding hydrogens is 1590 g/mol. The fraction of sp³-hybridized carbons (Fsp3) is 0.0964. The van der Waals surface area contributed by atoms with E-state index < -0.39 is 47.2 Å². The number of nitrogens with two attached hydrogens (primary N) is 2. The zero-order chi connectivity index (χ0) is 81.2. The van der Waals surface area contributed by atoms with Gasteiger partial charge >= 0.3 is 36.8 Å². The Morgan fingerprint density at radius 1 is 0.424 bits per heavy atom. The van der Waals surface area contributed by atoms with Crippen LogP contribution in [0.25, 0.3) is 40.4 Å². The van der Waals surface area contributed by atoms with E-state index in [1.165, 1.54) is 79.9 Å². The third-order valence-electron chi connectivity index (χ3n) is 15.6. The van der Waals surface area contributed by atoms with Crippen LogP contribution in [0, 0.1) is 112 Å². The van der Waals surface area contributed by atoms with Crippen molar-refractivity contribution in [1.29, 1.82) is 0 Å². The molecular formula is C83H69BrF5LiN18O10. The van der Waals surface area contributed by atoms with Crippen molar-refractivity contribution < 1.29 is 90.3 Å². The van der Waals surface area contributed by atoms with Gasteiger partial charge in [-0.3, -0.25) is 36.6 Å². The number of primary amides is 2. The molecule has 15 rings (SSSR count). The van der Waals surface area contributed by atoms with E-state index in [1.807, 2.05) is 13.0 Å². The quantitative estimate of drug-likeness (QED) is 0.0380. The molecule has 0 saturated heterocycles. The summed E-state index contributed by atoms with van der Waals surface area (Å²) < 4.78 is 84.3. The largest absolute Gasteiger partial charge is 1.00 e. The Morgan fingerprint density at radius 3 is 1.08 bits per heavy atom. The number of halogens is 6. The molecule has 0 aliphatic carbocycles. The molecule has 15 aromatic rings. The van der Waals surface area contributed by atoms with Gasteiger partial charge in [0.1, 0.15) is 67.1 Å². The second-order valence-corrected chi connectivity index (χ2v) is 24.4. The number of hydrogen-bond donors (Lipinski definition) is 4.